The van der Waals surface area contributed by atoms with Crippen LogP contribution >= 0.6 is 0 Å². The summed E-state index contributed by atoms with van der Waals surface area (Å²) in [6, 6.07) is 0.0570. The number of nitrogens with one attached hydrogen (secondary N) is 2. The molecule has 1 spiro atoms. The van der Waals surface area contributed by atoms with Crippen LogP contribution in [0.2, 0.25) is 18.1 Å². The minimum atomic E-state index is -2.40. The van der Waals surface area contributed by atoms with E-state index < -0.39 is 111 Å². The molecule has 8 aliphatic rings. The zero-order chi connectivity index (χ0) is 56.9. The molecular formula is C60H94N2O15Si. The van der Waals surface area contributed by atoms with Crippen LogP contribution in [0.1, 0.15) is 134 Å². The zero-order valence-corrected chi connectivity index (χ0v) is 50.5. The van der Waals surface area contributed by atoms with Crippen molar-refractivity contribution < 1.29 is 71.3 Å². The highest BCUT2D eigenvalue weighted by Gasteiger charge is 2.62. The number of rotatable bonds is 13. The number of esters is 1. The molecule has 17 nitrogen and oxygen atoms in total. The average molecular weight is 1110 g/mol. The fourth-order valence-corrected chi connectivity index (χ4v) is 13.9. The molecule has 0 radical (unpaired) electrons. The standard InChI is InChI=1S/C60H94N2O15Si/c1-17-33(2)51-36(5)25-26-58(76-51)31-44-28-43(75-58)24-21-35(4)50(34(3)19-18-20-41-32-69-54-52(77-78(15,16)57(10,11)12)37(6)27-45(55(64)72-44)60(41,54)66)73-48-29-46(67-13)53(38(7)70-48)74-49-30-47(68-14)59(39(8)71-49,62-40(9)63)56(65)61-42-22-23-42/h18-21,25-27,33-34,36,38-39,42-54,66H,17,22-24,28-32H2,1-16H3,(H,61,65)(H,62,63)/b19-18+,35-21+,41-20+/t33-,34-,36-,38-,39-,43+,44-,45-,46-,47-,48-,49-,50-,51+,52+,53-,54+,58+,59-,60+/m0/s1. The first-order valence-corrected chi connectivity index (χ1v) is 31.9. The highest BCUT2D eigenvalue weighted by molar-refractivity contribution is 6.74. The second kappa shape index (κ2) is 24.0. The van der Waals surface area contributed by atoms with Crippen molar-refractivity contribution in [3.63, 3.8) is 0 Å². The molecule has 1 saturated carbocycles. The number of methoxy groups -OCH3 is 2. The Morgan fingerprint density at radius 1 is 0.923 bits per heavy atom. The highest BCUT2D eigenvalue weighted by Crippen LogP contribution is 2.50. The van der Waals surface area contributed by atoms with Crippen LogP contribution in [0, 0.1) is 23.7 Å². The van der Waals surface area contributed by atoms with E-state index in [4.69, 9.17) is 51.8 Å². The SMILES string of the molecule is CC[C@H](C)[C@H]1O[C@]2(C=C[C@@H]1C)C[C@@H]1C[C@@H](C/C=C(\C)[C@@H](O[C@H]3C[C@H](OC)[C@@H](O[C@H]4C[C@H](OC)[C@](NC(C)=O)(C(=O)NC5CC5)[C@H](C)O4)[C@H](C)O3)[C@@H](C)/C=C/C=C3\CO[C@@H]4[C@H](O[Si](C)(C)C(C)(C)C)C(C)=C[C@@H](C(=O)O1)[C@]34O)O2. The Hall–Kier alpha value is -3.11. The van der Waals surface area contributed by atoms with Crippen molar-refractivity contribution in [1.29, 1.82) is 0 Å². The third kappa shape index (κ3) is 12.5. The summed E-state index contributed by atoms with van der Waals surface area (Å²) < 4.78 is 73.3. The van der Waals surface area contributed by atoms with Gasteiger partial charge in [-0.2, -0.15) is 0 Å². The Morgan fingerprint density at radius 3 is 2.29 bits per heavy atom. The van der Waals surface area contributed by atoms with Crippen LogP contribution in [0.15, 0.2) is 59.3 Å². The van der Waals surface area contributed by atoms with E-state index in [1.165, 1.54) is 14.0 Å². The fraction of sp³-hybridized carbons (Fsp3) is 0.783. The van der Waals surface area contributed by atoms with Gasteiger partial charge in [0.15, 0.2) is 32.2 Å². The summed E-state index contributed by atoms with van der Waals surface area (Å²) in [5.74, 6) is -3.27. The van der Waals surface area contributed by atoms with Gasteiger partial charge in [0.2, 0.25) is 5.91 Å². The number of allylic oxidation sites excluding steroid dienone is 2. The van der Waals surface area contributed by atoms with Gasteiger partial charge in [-0.05, 0) is 93.8 Å². The van der Waals surface area contributed by atoms with E-state index in [0.717, 1.165) is 30.4 Å². The number of hydrogen-bond acceptors (Lipinski definition) is 15. The summed E-state index contributed by atoms with van der Waals surface area (Å²) in [7, 11) is 0.757. The third-order valence-corrected chi connectivity index (χ3v) is 23.1. The summed E-state index contributed by atoms with van der Waals surface area (Å²) in [5.41, 5.74) is -0.908. The minimum absolute atomic E-state index is 0.0570. The van der Waals surface area contributed by atoms with E-state index in [2.05, 4.69) is 91.3 Å². The molecule has 20 atom stereocenters. The van der Waals surface area contributed by atoms with Crippen molar-refractivity contribution in [1.82, 2.24) is 10.6 Å². The lowest BCUT2D eigenvalue weighted by molar-refractivity contribution is -0.316. The molecule has 438 valence electrons. The van der Waals surface area contributed by atoms with Crippen LogP contribution in [-0.2, 0) is 66.2 Å². The molecule has 18 heteroatoms. The molecule has 6 heterocycles. The van der Waals surface area contributed by atoms with Crippen LogP contribution in [0.3, 0.4) is 0 Å². The lowest BCUT2D eigenvalue weighted by Gasteiger charge is -2.49. The maximum atomic E-state index is 14.9. The lowest BCUT2D eigenvalue weighted by atomic mass is 9.71. The van der Waals surface area contributed by atoms with Crippen molar-refractivity contribution in [2.45, 2.75) is 255 Å². The number of carbonyl (C=O) groups is 3. The van der Waals surface area contributed by atoms with Gasteiger partial charge in [-0.15, -0.1) is 0 Å². The molecule has 0 unspecified atom stereocenters. The Labute approximate surface area is 465 Å². The first-order chi connectivity index (χ1) is 36.7. The molecule has 2 bridgehead atoms. The number of hydrogen-bond donors (Lipinski definition) is 3. The van der Waals surface area contributed by atoms with E-state index in [1.54, 1.807) is 14.0 Å². The third-order valence-electron chi connectivity index (χ3n) is 18.6. The lowest BCUT2D eigenvalue weighted by Crippen LogP contribution is -2.74. The molecule has 78 heavy (non-hydrogen) atoms. The number of ether oxygens (including phenoxy) is 10. The van der Waals surface area contributed by atoms with Crippen LogP contribution in [-0.4, -0.2) is 155 Å². The van der Waals surface area contributed by atoms with Gasteiger partial charge in [-0.25, -0.2) is 0 Å². The summed E-state index contributed by atoms with van der Waals surface area (Å²) in [6.07, 6.45) is 10.6. The highest BCUT2D eigenvalue weighted by atomic mass is 28.4. The average Bonchev–Trinajstić information content (AvgIpc) is 4.15. The maximum absolute atomic E-state index is 14.9. The van der Waals surface area contributed by atoms with Crippen LogP contribution < -0.4 is 10.6 Å². The van der Waals surface area contributed by atoms with E-state index in [1.807, 2.05) is 44.2 Å². The van der Waals surface area contributed by atoms with Gasteiger partial charge in [0.05, 0.1) is 55.4 Å². The predicted octanol–water partition coefficient (Wildman–Crippen LogP) is 8.20. The number of carbonyl (C=O) groups excluding carboxylic acids is 3. The first-order valence-electron chi connectivity index (χ1n) is 29.0. The second-order valence-electron chi connectivity index (χ2n) is 25.5. The van der Waals surface area contributed by atoms with E-state index >= 15 is 0 Å². The largest absolute Gasteiger partial charge is 0.462 e. The van der Waals surface area contributed by atoms with Gasteiger partial charge < -0.3 is 67.5 Å². The molecule has 8 rings (SSSR count). The molecule has 6 aliphatic heterocycles. The number of fused-ring (bicyclic) bond motifs is 2. The van der Waals surface area contributed by atoms with Crippen molar-refractivity contribution in [3.8, 4) is 0 Å². The second-order valence-corrected chi connectivity index (χ2v) is 30.3. The molecule has 2 aliphatic carbocycles. The van der Waals surface area contributed by atoms with Gasteiger partial charge in [0.1, 0.15) is 29.8 Å². The monoisotopic (exact) mass is 1110 g/mol. The Balaban J connectivity index is 1.08. The predicted molar refractivity (Wildman–Crippen MR) is 295 cm³/mol. The van der Waals surface area contributed by atoms with E-state index in [-0.39, 0.29) is 59.8 Å². The van der Waals surface area contributed by atoms with Gasteiger partial charge >= 0.3 is 5.97 Å². The summed E-state index contributed by atoms with van der Waals surface area (Å²) in [5, 5.41) is 19.1. The molecule has 5 fully saturated rings. The molecule has 3 N–H and O–H groups in total. The van der Waals surface area contributed by atoms with Gasteiger partial charge in [-0.1, -0.05) is 91.3 Å². The van der Waals surface area contributed by atoms with Crippen LogP contribution in [0.4, 0.5) is 0 Å². The van der Waals surface area contributed by atoms with Gasteiger partial charge in [-0.3, -0.25) is 14.4 Å². The molecule has 0 aromatic carbocycles. The van der Waals surface area contributed by atoms with Gasteiger partial charge in [0.25, 0.3) is 5.91 Å². The Bertz CT molecular complexity index is 2330. The Morgan fingerprint density at radius 2 is 1.64 bits per heavy atom. The normalized spacial score (nSPS) is 43.7. The van der Waals surface area contributed by atoms with Crippen LogP contribution in [0.25, 0.3) is 0 Å². The smallest absolute Gasteiger partial charge is 0.316 e. The quantitative estimate of drug-likeness (QED) is 0.0906. The van der Waals surface area contributed by atoms with Crippen molar-refractivity contribution in [2.75, 3.05) is 20.8 Å². The summed E-state index contributed by atoms with van der Waals surface area (Å²) in [4.78, 5) is 41.4. The van der Waals surface area contributed by atoms with E-state index in [0.29, 0.717) is 31.3 Å². The number of aliphatic hydroxyl groups is 1. The van der Waals surface area contributed by atoms with Crippen molar-refractivity contribution in [2.24, 2.45) is 23.7 Å². The molecule has 2 amide bonds. The van der Waals surface area contributed by atoms with E-state index in [9.17, 15) is 19.5 Å². The zero-order valence-electron chi connectivity index (χ0n) is 49.5. The molecular weight excluding hydrogens is 1020 g/mol. The fourth-order valence-electron chi connectivity index (χ4n) is 12.6. The van der Waals surface area contributed by atoms with Crippen molar-refractivity contribution in [3.05, 3.63) is 59.3 Å². The first kappa shape index (κ1) is 61.0. The summed E-state index contributed by atoms with van der Waals surface area (Å²) >= 11 is 0. The molecule has 0 aromatic rings. The topological polar surface area (TPSA) is 197 Å². The summed E-state index contributed by atoms with van der Waals surface area (Å²) in [6.45, 7) is 28.7. The maximum Gasteiger partial charge on any atom is 0.316 e. The molecule has 0 aromatic heterocycles. The van der Waals surface area contributed by atoms with Crippen LogP contribution in [0.5, 0.6) is 0 Å². The number of amides is 2. The molecule has 4 saturated heterocycles. The van der Waals surface area contributed by atoms with Gasteiger partial charge in [0, 0.05) is 64.7 Å². The Kier molecular flexibility index (Phi) is 18.8. The van der Waals surface area contributed by atoms with Crippen molar-refractivity contribution >= 4 is 26.1 Å². The minimum Gasteiger partial charge on any atom is -0.462 e.